The number of hydrogen-bond donors (Lipinski definition) is 0. The number of rotatable bonds is 4. The molecule has 0 heterocycles. The second-order valence-electron chi connectivity index (χ2n) is 2.52. The van der Waals surface area contributed by atoms with Gasteiger partial charge in [0.05, 0.1) is 12.2 Å². The summed E-state index contributed by atoms with van der Waals surface area (Å²) in [5, 5.41) is 0. The third kappa shape index (κ3) is 5.57. The average molecular weight is 128 g/mol. The van der Waals surface area contributed by atoms with Gasteiger partial charge in [-0.25, -0.2) is 0 Å². The predicted molar refractivity (Wildman–Crippen MR) is 40.5 cm³/mol. The summed E-state index contributed by atoms with van der Waals surface area (Å²) in [4.78, 5) is 0. The van der Waals surface area contributed by atoms with Gasteiger partial charge in [-0.1, -0.05) is 6.08 Å². The van der Waals surface area contributed by atoms with Gasteiger partial charge < -0.3 is 4.74 Å². The van der Waals surface area contributed by atoms with Crippen LogP contribution in [0.2, 0.25) is 0 Å². The van der Waals surface area contributed by atoms with Crippen molar-refractivity contribution in [2.45, 2.75) is 39.4 Å². The first-order valence-corrected chi connectivity index (χ1v) is 3.43. The first-order valence-electron chi connectivity index (χ1n) is 3.43. The van der Waals surface area contributed by atoms with Crippen LogP contribution < -0.4 is 0 Å². The van der Waals surface area contributed by atoms with Crippen LogP contribution in [0, 0.1) is 0 Å². The van der Waals surface area contributed by atoms with E-state index in [9.17, 15) is 0 Å². The molecule has 1 heteroatoms. The van der Waals surface area contributed by atoms with Gasteiger partial charge in [-0.2, -0.15) is 0 Å². The average Bonchev–Trinajstić information content (AvgIpc) is 1.63. The quantitative estimate of drug-likeness (QED) is 0.528. The van der Waals surface area contributed by atoms with E-state index in [1.807, 2.05) is 19.9 Å². The van der Waals surface area contributed by atoms with E-state index in [0.717, 1.165) is 6.42 Å². The fraction of sp³-hybridized carbons (Fsp3) is 0.750. The molecule has 0 aromatic heterocycles. The Bertz CT molecular complexity index is 76.6. The van der Waals surface area contributed by atoms with Crippen LogP contribution in [0.3, 0.4) is 0 Å². The van der Waals surface area contributed by atoms with E-state index >= 15 is 0 Å². The maximum absolute atomic E-state index is 5.42. The lowest BCUT2D eigenvalue weighted by molar-refractivity contribution is 0.0210. The van der Waals surface area contributed by atoms with Gasteiger partial charge in [0, 0.05) is 0 Å². The minimum absolute atomic E-state index is 0.322. The Labute approximate surface area is 57.7 Å². The molecule has 1 nitrogen and oxygen atoms in total. The summed E-state index contributed by atoms with van der Waals surface area (Å²) in [5.41, 5.74) is 0. The molecule has 54 valence electrons. The summed E-state index contributed by atoms with van der Waals surface area (Å²) in [6.45, 7) is 9.77. The maximum atomic E-state index is 5.42. The zero-order valence-electron chi connectivity index (χ0n) is 6.55. The second kappa shape index (κ2) is 4.57. The third-order valence-corrected chi connectivity index (χ3v) is 1.00. The Morgan fingerprint density at radius 1 is 1.44 bits per heavy atom. The standard InChI is InChI=1S/C8H16O/c1-5-6-8(4)9-7(2)3/h5,7-8H,1,6H2,2-4H3. The van der Waals surface area contributed by atoms with Crippen LogP contribution in [0.15, 0.2) is 12.7 Å². The molecule has 1 unspecified atom stereocenters. The van der Waals surface area contributed by atoms with Gasteiger partial charge in [-0.15, -0.1) is 6.58 Å². The van der Waals surface area contributed by atoms with Crippen molar-refractivity contribution in [2.24, 2.45) is 0 Å². The number of ether oxygens (including phenoxy) is 1. The largest absolute Gasteiger partial charge is 0.376 e. The van der Waals surface area contributed by atoms with Crippen LogP contribution in [0.4, 0.5) is 0 Å². The van der Waals surface area contributed by atoms with Crippen molar-refractivity contribution < 1.29 is 4.74 Å². The van der Waals surface area contributed by atoms with Gasteiger partial charge in [0.15, 0.2) is 0 Å². The summed E-state index contributed by atoms with van der Waals surface area (Å²) in [5.74, 6) is 0. The van der Waals surface area contributed by atoms with E-state index in [2.05, 4.69) is 13.5 Å². The van der Waals surface area contributed by atoms with Crippen molar-refractivity contribution >= 4 is 0 Å². The van der Waals surface area contributed by atoms with Crippen LogP contribution in [-0.2, 0) is 4.74 Å². The van der Waals surface area contributed by atoms with Crippen molar-refractivity contribution in [2.75, 3.05) is 0 Å². The van der Waals surface area contributed by atoms with Gasteiger partial charge in [0.2, 0.25) is 0 Å². The summed E-state index contributed by atoms with van der Waals surface area (Å²) in [6.07, 6.45) is 3.48. The number of hydrogen-bond acceptors (Lipinski definition) is 1. The molecule has 0 bridgehead atoms. The van der Waals surface area contributed by atoms with Crippen LogP contribution in [0.1, 0.15) is 27.2 Å². The molecule has 0 N–H and O–H groups in total. The molecule has 0 aromatic rings. The SMILES string of the molecule is C=CCC(C)OC(C)C. The molecule has 0 fully saturated rings. The van der Waals surface area contributed by atoms with E-state index in [0.29, 0.717) is 12.2 Å². The minimum Gasteiger partial charge on any atom is -0.376 e. The van der Waals surface area contributed by atoms with Crippen molar-refractivity contribution in [3.8, 4) is 0 Å². The molecule has 0 rings (SSSR count). The van der Waals surface area contributed by atoms with Gasteiger partial charge in [0.25, 0.3) is 0 Å². The van der Waals surface area contributed by atoms with Crippen molar-refractivity contribution in [1.29, 1.82) is 0 Å². The molecule has 0 aliphatic rings. The molecule has 0 saturated carbocycles. The highest BCUT2D eigenvalue weighted by Crippen LogP contribution is 2.00. The molecule has 0 saturated heterocycles. The van der Waals surface area contributed by atoms with Gasteiger partial charge in [-0.3, -0.25) is 0 Å². The molecule has 1 atom stereocenters. The Balaban J connectivity index is 3.25. The summed E-state index contributed by atoms with van der Waals surface area (Å²) < 4.78 is 5.42. The molecule has 0 spiro atoms. The molecular weight excluding hydrogens is 112 g/mol. The van der Waals surface area contributed by atoms with Gasteiger partial charge in [0.1, 0.15) is 0 Å². The Morgan fingerprint density at radius 2 is 2.00 bits per heavy atom. The molecular formula is C8H16O. The highest BCUT2D eigenvalue weighted by Gasteiger charge is 2.00. The van der Waals surface area contributed by atoms with Crippen LogP contribution in [-0.4, -0.2) is 12.2 Å². The van der Waals surface area contributed by atoms with Crippen LogP contribution in [0.25, 0.3) is 0 Å². The van der Waals surface area contributed by atoms with Gasteiger partial charge in [-0.05, 0) is 27.2 Å². The minimum atomic E-state index is 0.322. The van der Waals surface area contributed by atoms with E-state index in [-0.39, 0.29) is 0 Å². The fourth-order valence-electron chi connectivity index (χ4n) is 0.755. The molecule has 9 heavy (non-hydrogen) atoms. The Kier molecular flexibility index (Phi) is 4.41. The fourth-order valence-corrected chi connectivity index (χ4v) is 0.755. The smallest absolute Gasteiger partial charge is 0.0584 e. The van der Waals surface area contributed by atoms with E-state index < -0.39 is 0 Å². The lowest BCUT2D eigenvalue weighted by Gasteiger charge is -2.13. The van der Waals surface area contributed by atoms with E-state index in [1.54, 1.807) is 0 Å². The normalized spacial score (nSPS) is 13.8. The highest BCUT2D eigenvalue weighted by molar-refractivity contribution is 4.70. The third-order valence-electron chi connectivity index (χ3n) is 1.00. The van der Waals surface area contributed by atoms with Crippen LogP contribution in [0.5, 0.6) is 0 Å². The second-order valence-corrected chi connectivity index (χ2v) is 2.52. The highest BCUT2D eigenvalue weighted by atomic mass is 16.5. The first-order chi connectivity index (χ1) is 4.16. The lowest BCUT2D eigenvalue weighted by atomic mass is 10.3. The monoisotopic (exact) mass is 128 g/mol. The predicted octanol–water partition coefficient (Wildman–Crippen LogP) is 2.38. The first kappa shape index (κ1) is 8.70. The summed E-state index contributed by atoms with van der Waals surface area (Å²) in [6, 6.07) is 0. The van der Waals surface area contributed by atoms with E-state index in [4.69, 9.17) is 4.74 Å². The zero-order valence-corrected chi connectivity index (χ0v) is 6.55. The van der Waals surface area contributed by atoms with Gasteiger partial charge >= 0.3 is 0 Å². The van der Waals surface area contributed by atoms with Crippen molar-refractivity contribution in [1.82, 2.24) is 0 Å². The molecule has 0 radical (unpaired) electrons. The topological polar surface area (TPSA) is 9.23 Å². The van der Waals surface area contributed by atoms with Crippen molar-refractivity contribution in [3.05, 3.63) is 12.7 Å². The molecule has 0 aliphatic carbocycles. The van der Waals surface area contributed by atoms with Crippen LogP contribution >= 0.6 is 0 Å². The Hall–Kier alpha value is -0.300. The van der Waals surface area contributed by atoms with Crippen molar-refractivity contribution in [3.63, 3.8) is 0 Å². The Morgan fingerprint density at radius 3 is 2.33 bits per heavy atom. The summed E-state index contributed by atoms with van der Waals surface area (Å²) in [7, 11) is 0. The molecule has 0 aromatic carbocycles. The molecule has 0 amide bonds. The zero-order chi connectivity index (χ0) is 7.28. The summed E-state index contributed by atoms with van der Waals surface area (Å²) >= 11 is 0. The lowest BCUT2D eigenvalue weighted by Crippen LogP contribution is -2.12. The molecule has 0 aliphatic heterocycles. The van der Waals surface area contributed by atoms with E-state index in [1.165, 1.54) is 0 Å². The maximum Gasteiger partial charge on any atom is 0.0584 e.